The van der Waals surface area contributed by atoms with Crippen LogP contribution in [-0.2, 0) is 6.54 Å². The molecule has 17 heavy (non-hydrogen) atoms. The molecule has 90 valence electrons. The average Bonchev–Trinajstić information content (AvgIpc) is 2.81. The fraction of sp³-hybridized carbons (Fsp3) is 0.286. The SMILES string of the molecule is Cc1cc(Cl)ccc1CN[C@H](C)c1ccco1. The zero-order chi connectivity index (χ0) is 12.3. The number of benzene rings is 1. The van der Waals surface area contributed by atoms with Crippen molar-refractivity contribution in [3.05, 3.63) is 58.5 Å². The normalized spacial score (nSPS) is 12.6. The zero-order valence-electron chi connectivity index (χ0n) is 10.0. The highest BCUT2D eigenvalue weighted by Crippen LogP contribution is 2.17. The fourth-order valence-corrected chi connectivity index (χ4v) is 1.99. The minimum atomic E-state index is 0.208. The summed E-state index contributed by atoms with van der Waals surface area (Å²) in [5.74, 6) is 0.955. The Hall–Kier alpha value is -1.25. The topological polar surface area (TPSA) is 25.2 Å². The van der Waals surface area contributed by atoms with Crippen LogP contribution >= 0.6 is 11.6 Å². The molecule has 2 rings (SSSR count). The van der Waals surface area contributed by atoms with Gasteiger partial charge in [-0.15, -0.1) is 0 Å². The molecule has 1 aromatic heterocycles. The molecule has 1 N–H and O–H groups in total. The molecule has 1 aromatic carbocycles. The Morgan fingerprint density at radius 1 is 1.35 bits per heavy atom. The second kappa shape index (κ2) is 5.39. The molecule has 2 nitrogen and oxygen atoms in total. The monoisotopic (exact) mass is 249 g/mol. The van der Waals surface area contributed by atoms with Gasteiger partial charge in [-0.05, 0) is 49.2 Å². The van der Waals surface area contributed by atoms with Gasteiger partial charge in [-0.2, -0.15) is 0 Å². The summed E-state index contributed by atoms with van der Waals surface area (Å²) in [6.45, 7) is 4.97. The van der Waals surface area contributed by atoms with Crippen LogP contribution < -0.4 is 5.32 Å². The smallest absolute Gasteiger partial charge is 0.120 e. The number of hydrogen-bond donors (Lipinski definition) is 1. The summed E-state index contributed by atoms with van der Waals surface area (Å²) in [6.07, 6.45) is 1.70. The van der Waals surface area contributed by atoms with Crippen molar-refractivity contribution in [1.82, 2.24) is 5.32 Å². The van der Waals surface area contributed by atoms with Crippen LogP contribution in [0.5, 0.6) is 0 Å². The van der Waals surface area contributed by atoms with Gasteiger partial charge in [0.15, 0.2) is 0 Å². The Morgan fingerprint density at radius 2 is 2.18 bits per heavy atom. The molecule has 2 aromatic rings. The van der Waals surface area contributed by atoms with Crippen molar-refractivity contribution in [1.29, 1.82) is 0 Å². The van der Waals surface area contributed by atoms with Crippen molar-refractivity contribution in [2.75, 3.05) is 0 Å². The van der Waals surface area contributed by atoms with Crippen LogP contribution in [0, 0.1) is 6.92 Å². The van der Waals surface area contributed by atoms with Crippen LogP contribution in [0.25, 0.3) is 0 Å². The maximum atomic E-state index is 5.93. The summed E-state index contributed by atoms with van der Waals surface area (Å²) in [6, 6.07) is 10.0. The summed E-state index contributed by atoms with van der Waals surface area (Å²) in [7, 11) is 0. The van der Waals surface area contributed by atoms with Gasteiger partial charge in [0.2, 0.25) is 0 Å². The van der Waals surface area contributed by atoms with Crippen molar-refractivity contribution in [3.8, 4) is 0 Å². The van der Waals surface area contributed by atoms with Crippen molar-refractivity contribution in [2.45, 2.75) is 26.4 Å². The Morgan fingerprint density at radius 3 is 2.82 bits per heavy atom. The molecule has 0 aliphatic heterocycles. The molecule has 1 atom stereocenters. The zero-order valence-corrected chi connectivity index (χ0v) is 10.8. The molecular formula is C14H16ClNO. The highest BCUT2D eigenvalue weighted by Gasteiger charge is 2.08. The highest BCUT2D eigenvalue weighted by molar-refractivity contribution is 6.30. The standard InChI is InChI=1S/C14H16ClNO/c1-10-8-13(15)6-5-12(10)9-16-11(2)14-4-3-7-17-14/h3-8,11,16H,9H2,1-2H3/t11-/m1/s1. The number of furan rings is 1. The molecule has 0 bridgehead atoms. The first-order chi connectivity index (χ1) is 8.16. The van der Waals surface area contributed by atoms with Crippen LogP contribution in [-0.4, -0.2) is 0 Å². The van der Waals surface area contributed by atoms with Crippen LogP contribution in [0.15, 0.2) is 41.0 Å². The Kier molecular flexibility index (Phi) is 3.87. The lowest BCUT2D eigenvalue weighted by Crippen LogP contribution is -2.18. The maximum Gasteiger partial charge on any atom is 0.120 e. The Balaban J connectivity index is 1.98. The number of aryl methyl sites for hydroxylation is 1. The minimum Gasteiger partial charge on any atom is -0.468 e. The van der Waals surface area contributed by atoms with Gasteiger partial charge >= 0.3 is 0 Å². The Bertz CT molecular complexity index is 479. The molecule has 0 unspecified atom stereocenters. The van der Waals surface area contributed by atoms with Crippen molar-refractivity contribution >= 4 is 11.6 Å². The molecule has 1 heterocycles. The quantitative estimate of drug-likeness (QED) is 0.883. The molecule has 0 saturated heterocycles. The molecule has 0 spiro atoms. The van der Waals surface area contributed by atoms with Crippen molar-refractivity contribution in [2.24, 2.45) is 0 Å². The summed E-state index contributed by atoms with van der Waals surface area (Å²) >= 11 is 5.93. The summed E-state index contributed by atoms with van der Waals surface area (Å²) in [5, 5.41) is 4.21. The van der Waals surface area contributed by atoms with E-state index in [0.717, 1.165) is 17.3 Å². The lowest BCUT2D eigenvalue weighted by molar-refractivity contribution is 0.430. The first-order valence-electron chi connectivity index (χ1n) is 5.68. The third kappa shape index (κ3) is 3.11. The summed E-state index contributed by atoms with van der Waals surface area (Å²) in [5.41, 5.74) is 2.46. The highest BCUT2D eigenvalue weighted by atomic mass is 35.5. The molecule has 0 fully saturated rings. The molecule has 3 heteroatoms. The van der Waals surface area contributed by atoms with E-state index < -0.39 is 0 Å². The molecule has 0 aliphatic rings. The van der Waals surface area contributed by atoms with Gasteiger partial charge in [-0.1, -0.05) is 17.7 Å². The van der Waals surface area contributed by atoms with Crippen LogP contribution in [0.3, 0.4) is 0 Å². The van der Waals surface area contributed by atoms with Gasteiger partial charge < -0.3 is 9.73 Å². The van der Waals surface area contributed by atoms with E-state index >= 15 is 0 Å². The summed E-state index contributed by atoms with van der Waals surface area (Å²) < 4.78 is 5.35. The number of rotatable bonds is 4. The van der Waals surface area contributed by atoms with E-state index in [-0.39, 0.29) is 6.04 Å². The molecule has 0 aliphatic carbocycles. The maximum absolute atomic E-state index is 5.93. The molecule has 0 saturated carbocycles. The lowest BCUT2D eigenvalue weighted by atomic mass is 10.1. The lowest BCUT2D eigenvalue weighted by Gasteiger charge is -2.13. The second-order valence-corrected chi connectivity index (χ2v) is 4.63. The van der Waals surface area contributed by atoms with Crippen LogP contribution in [0.1, 0.15) is 29.9 Å². The van der Waals surface area contributed by atoms with Crippen molar-refractivity contribution < 1.29 is 4.42 Å². The fourth-order valence-electron chi connectivity index (χ4n) is 1.76. The van der Waals surface area contributed by atoms with Gasteiger partial charge in [0, 0.05) is 11.6 Å². The van der Waals surface area contributed by atoms with E-state index in [9.17, 15) is 0 Å². The molecular weight excluding hydrogens is 234 g/mol. The van der Waals surface area contributed by atoms with Crippen LogP contribution in [0.2, 0.25) is 5.02 Å². The molecule has 0 radical (unpaired) electrons. The third-order valence-corrected chi connectivity index (χ3v) is 3.11. The number of nitrogens with one attached hydrogen (secondary N) is 1. The predicted molar refractivity (Wildman–Crippen MR) is 70.2 cm³/mol. The van der Waals surface area contributed by atoms with Gasteiger partial charge in [-0.25, -0.2) is 0 Å². The van der Waals surface area contributed by atoms with E-state index in [0.29, 0.717) is 0 Å². The van der Waals surface area contributed by atoms with E-state index in [4.69, 9.17) is 16.0 Å². The van der Waals surface area contributed by atoms with E-state index in [2.05, 4.69) is 25.2 Å². The van der Waals surface area contributed by atoms with Crippen molar-refractivity contribution in [3.63, 3.8) is 0 Å². The van der Waals surface area contributed by atoms with E-state index in [1.807, 2.05) is 24.3 Å². The number of halogens is 1. The first-order valence-corrected chi connectivity index (χ1v) is 6.06. The van der Waals surface area contributed by atoms with Gasteiger partial charge in [0.1, 0.15) is 5.76 Å². The molecule has 0 amide bonds. The van der Waals surface area contributed by atoms with E-state index in [1.54, 1.807) is 6.26 Å². The average molecular weight is 250 g/mol. The largest absolute Gasteiger partial charge is 0.468 e. The second-order valence-electron chi connectivity index (χ2n) is 4.19. The van der Waals surface area contributed by atoms with E-state index in [1.165, 1.54) is 11.1 Å². The third-order valence-electron chi connectivity index (χ3n) is 2.87. The minimum absolute atomic E-state index is 0.208. The number of hydrogen-bond acceptors (Lipinski definition) is 2. The predicted octanol–water partition coefficient (Wildman–Crippen LogP) is 4.09. The first kappa shape index (κ1) is 12.2. The van der Waals surface area contributed by atoms with Crippen LogP contribution in [0.4, 0.5) is 0 Å². The summed E-state index contributed by atoms with van der Waals surface area (Å²) in [4.78, 5) is 0. The Labute approximate surface area is 107 Å². The van der Waals surface area contributed by atoms with Gasteiger partial charge in [0.25, 0.3) is 0 Å². The van der Waals surface area contributed by atoms with Gasteiger partial charge in [0.05, 0.1) is 12.3 Å². The van der Waals surface area contributed by atoms with Gasteiger partial charge in [-0.3, -0.25) is 0 Å².